The molecule has 0 atom stereocenters. The highest BCUT2D eigenvalue weighted by molar-refractivity contribution is 14.1. The Labute approximate surface area is 112 Å². The molecule has 16 heavy (non-hydrogen) atoms. The average molecular weight is 346 g/mol. The Kier molecular flexibility index (Phi) is 3.70. The maximum absolute atomic E-state index is 6.01. The molecule has 0 aliphatic rings. The number of aryl methyl sites for hydroxylation is 1. The third-order valence-corrected chi connectivity index (χ3v) is 3.99. The summed E-state index contributed by atoms with van der Waals surface area (Å²) >= 11 is 8.16. The van der Waals surface area contributed by atoms with E-state index in [0.717, 1.165) is 20.7 Å². The van der Waals surface area contributed by atoms with Gasteiger partial charge in [-0.25, -0.2) is 9.97 Å². The lowest BCUT2D eigenvalue weighted by atomic mass is 10.2. The normalized spacial score (nSPS) is 10.4. The summed E-state index contributed by atoms with van der Waals surface area (Å²) in [6.45, 7) is 1.93. The molecular formula is C11H9ClIN3. The number of hydrogen-bond acceptors (Lipinski definition) is 3. The molecule has 2 rings (SSSR count). The minimum absolute atomic E-state index is 0.520. The molecule has 3 nitrogen and oxygen atoms in total. The van der Waals surface area contributed by atoms with Crippen molar-refractivity contribution in [2.45, 2.75) is 13.3 Å². The van der Waals surface area contributed by atoms with Crippen molar-refractivity contribution < 1.29 is 0 Å². The Morgan fingerprint density at radius 1 is 1.38 bits per heavy atom. The summed E-state index contributed by atoms with van der Waals surface area (Å²) < 4.78 is 0.911. The summed E-state index contributed by atoms with van der Waals surface area (Å²) in [5.74, 6) is 0.732. The monoisotopic (exact) mass is 345 g/mol. The highest BCUT2D eigenvalue weighted by Gasteiger charge is 2.07. The summed E-state index contributed by atoms with van der Waals surface area (Å²) in [7, 11) is 0. The van der Waals surface area contributed by atoms with Gasteiger partial charge in [0.25, 0.3) is 0 Å². The third-order valence-electron chi connectivity index (χ3n) is 2.11. The van der Waals surface area contributed by atoms with Gasteiger partial charge < -0.3 is 0 Å². The van der Waals surface area contributed by atoms with Crippen LogP contribution < -0.4 is 0 Å². The molecule has 0 N–H and O–H groups in total. The third kappa shape index (κ3) is 2.68. The van der Waals surface area contributed by atoms with E-state index >= 15 is 0 Å². The fourth-order valence-corrected chi connectivity index (χ4v) is 1.82. The maximum Gasteiger partial charge on any atom is 0.146 e. The van der Waals surface area contributed by atoms with E-state index in [2.05, 4.69) is 37.5 Å². The Hall–Kier alpha value is -0.750. The zero-order valence-corrected chi connectivity index (χ0v) is 11.5. The molecule has 2 aromatic heterocycles. The minimum Gasteiger partial charge on any atom is -0.264 e. The standard InChI is InChI=1S/C11H9ClIN3/c1-7-10(13)11(12)16-9(15-7)5-8-3-2-4-14-6-8/h2-4,6H,5H2,1H3. The highest BCUT2D eigenvalue weighted by atomic mass is 127. The van der Waals surface area contributed by atoms with Gasteiger partial charge in [0.1, 0.15) is 11.0 Å². The van der Waals surface area contributed by atoms with Crippen LogP contribution in [0.5, 0.6) is 0 Å². The zero-order valence-electron chi connectivity index (χ0n) is 8.61. The molecule has 0 spiro atoms. The second kappa shape index (κ2) is 5.05. The van der Waals surface area contributed by atoms with Crippen molar-refractivity contribution >= 4 is 34.2 Å². The predicted octanol–water partition coefficient (Wildman–Crippen LogP) is 3.03. The van der Waals surface area contributed by atoms with E-state index < -0.39 is 0 Å². The van der Waals surface area contributed by atoms with Crippen LogP contribution in [0.3, 0.4) is 0 Å². The molecule has 2 aromatic rings. The van der Waals surface area contributed by atoms with Gasteiger partial charge in [-0.05, 0) is 41.1 Å². The van der Waals surface area contributed by atoms with Crippen LogP contribution in [0, 0.1) is 10.5 Å². The van der Waals surface area contributed by atoms with Crippen LogP contribution in [0.2, 0.25) is 5.15 Å². The van der Waals surface area contributed by atoms with E-state index in [1.807, 2.05) is 25.3 Å². The Morgan fingerprint density at radius 2 is 2.19 bits per heavy atom. The topological polar surface area (TPSA) is 38.7 Å². The van der Waals surface area contributed by atoms with E-state index in [1.54, 1.807) is 6.20 Å². The molecule has 0 bridgehead atoms. The number of hydrogen-bond donors (Lipinski definition) is 0. The average Bonchev–Trinajstić information content (AvgIpc) is 2.27. The van der Waals surface area contributed by atoms with E-state index in [9.17, 15) is 0 Å². The summed E-state index contributed by atoms with van der Waals surface area (Å²) in [5, 5.41) is 0.520. The molecule has 0 saturated carbocycles. The lowest BCUT2D eigenvalue weighted by Crippen LogP contribution is -2.01. The highest BCUT2D eigenvalue weighted by Crippen LogP contribution is 2.19. The molecule has 0 saturated heterocycles. The second-order valence-corrected chi connectivity index (χ2v) is 4.80. The van der Waals surface area contributed by atoms with Crippen LogP contribution in [-0.4, -0.2) is 15.0 Å². The number of rotatable bonds is 2. The molecule has 2 heterocycles. The van der Waals surface area contributed by atoms with Gasteiger partial charge in [-0.2, -0.15) is 0 Å². The van der Waals surface area contributed by atoms with Gasteiger partial charge in [0.05, 0.1) is 9.26 Å². The van der Waals surface area contributed by atoms with Gasteiger partial charge in [-0.1, -0.05) is 17.7 Å². The van der Waals surface area contributed by atoms with Crippen LogP contribution in [0.25, 0.3) is 0 Å². The van der Waals surface area contributed by atoms with E-state index in [0.29, 0.717) is 11.6 Å². The molecule has 0 fully saturated rings. The molecule has 0 radical (unpaired) electrons. The molecule has 0 aromatic carbocycles. The van der Waals surface area contributed by atoms with Crippen molar-refractivity contribution in [2.24, 2.45) is 0 Å². The first-order valence-corrected chi connectivity index (χ1v) is 6.20. The van der Waals surface area contributed by atoms with Crippen LogP contribution >= 0.6 is 34.2 Å². The van der Waals surface area contributed by atoms with Gasteiger partial charge in [0, 0.05) is 18.8 Å². The maximum atomic E-state index is 6.01. The molecule has 5 heteroatoms. The zero-order chi connectivity index (χ0) is 11.5. The largest absolute Gasteiger partial charge is 0.264 e. The van der Waals surface area contributed by atoms with Gasteiger partial charge >= 0.3 is 0 Å². The molecular weight excluding hydrogens is 336 g/mol. The Bertz CT molecular complexity index is 479. The first-order valence-electron chi connectivity index (χ1n) is 4.74. The molecule has 0 aliphatic heterocycles. The predicted molar refractivity (Wildman–Crippen MR) is 71.5 cm³/mol. The lowest BCUT2D eigenvalue weighted by molar-refractivity contribution is 0.929. The van der Waals surface area contributed by atoms with Crippen molar-refractivity contribution in [1.82, 2.24) is 15.0 Å². The van der Waals surface area contributed by atoms with Gasteiger partial charge in [0.15, 0.2) is 0 Å². The first-order chi connectivity index (χ1) is 7.66. The number of aromatic nitrogens is 3. The number of pyridine rings is 1. The van der Waals surface area contributed by atoms with E-state index in [1.165, 1.54) is 0 Å². The van der Waals surface area contributed by atoms with Crippen LogP contribution in [-0.2, 0) is 6.42 Å². The van der Waals surface area contributed by atoms with Crippen LogP contribution in [0.15, 0.2) is 24.5 Å². The SMILES string of the molecule is Cc1nc(Cc2cccnc2)nc(Cl)c1I. The summed E-state index contributed by atoms with van der Waals surface area (Å²) in [4.78, 5) is 12.7. The van der Waals surface area contributed by atoms with Gasteiger partial charge in [-0.3, -0.25) is 4.98 Å². The van der Waals surface area contributed by atoms with Crippen molar-refractivity contribution in [3.63, 3.8) is 0 Å². The minimum atomic E-state index is 0.520. The van der Waals surface area contributed by atoms with E-state index in [-0.39, 0.29) is 0 Å². The second-order valence-electron chi connectivity index (χ2n) is 3.37. The van der Waals surface area contributed by atoms with Gasteiger partial charge in [-0.15, -0.1) is 0 Å². The van der Waals surface area contributed by atoms with Crippen molar-refractivity contribution in [1.29, 1.82) is 0 Å². The van der Waals surface area contributed by atoms with Crippen molar-refractivity contribution in [3.8, 4) is 0 Å². The molecule has 0 unspecified atom stereocenters. The fraction of sp³-hybridized carbons (Fsp3) is 0.182. The smallest absolute Gasteiger partial charge is 0.146 e. The first kappa shape index (κ1) is 11.7. The summed E-state index contributed by atoms with van der Waals surface area (Å²) in [5.41, 5.74) is 2.00. The number of nitrogens with zero attached hydrogens (tertiary/aromatic N) is 3. The lowest BCUT2D eigenvalue weighted by Gasteiger charge is -2.04. The molecule has 0 amide bonds. The van der Waals surface area contributed by atoms with E-state index in [4.69, 9.17) is 11.6 Å². The summed E-state index contributed by atoms with van der Waals surface area (Å²) in [6.07, 6.45) is 4.21. The van der Waals surface area contributed by atoms with Crippen molar-refractivity contribution in [3.05, 3.63) is 50.3 Å². The number of halogens is 2. The van der Waals surface area contributed by atoms with Crippen LogP contribution in [0.4, 0.5) is 0 Å². The van der Waals surface area contributed by atoms with Crippen LogP contribution in [0.1, 0.15) is 17.1 Å². The molecule has 0 aliphatic carbocycles. The van der Waals surface area contributed by atoms with Crippen molar-refractivity contribution in [2.75, 3.05) is 0 Å². The van der Waals surface area contributed by atoms with Gasteiger partial charge in [0.2, 0.25) is 0 Å². The quantitative estimate of drug-likeness (QED) is 0.620. The Balaban J connectivity index is 2.29. The summed E-state index contributed by atoms with van der Waals surface area (Å²) in [6, 6.07) is 3.90. The fourth-order valence-electron chi connectivity index (χ4n) is 1.34. The molecule has 82 valence electrons. The Morgan fingerprint density at radius 3 is 2.81 bits per heavy atom.